The Labute approximate surface area is 195 Å². The summed E-state index contributed by atoms with van der Waals surface area (Å²) in [6, 6.07) is 13.4. The van der Waals surface area contributed by atoms with E-state index >= 15 is 0 Å². The topological polar surface area (TPSA) is 87.2 Å². The molecular formula is C24H29N3O5S. The number of nitrogens with zero attached hydrogens (tertiary/aromatic N) is 3. The van der Waals surface area contributed by atoms with E-state index in [0.29, 0.717) is 31.7 Å². The molecule has 1 aliphatic rings. The predicted molar refractivity (Wildman–Crippen MR) is 125 cm³/mol. The van der Waals surface area contributed by atoms with E-state index in [4.69, 9.17) is 4.74 Å². The van der Waals surface area contributed by atoms with Gasteiger partial charge in [-0.05, 0) is 42.0 Å². The number of hydrogen-bond acceptors (Lipinski definition) is 5. The lowest BCUT2D eigenvalue weighted by Crippen LogP contribution is -2.49. The van der Waals surface area contributed by atoms with E-state index in [0.717, 1.165) is 11.3 Å². The van der Waals surface area contributed by atoms with Crippen LogP contribution in [0.15, 0.2) is 66.1 Å². The van der Waals surface area contributed by atoms with Gasteiger partial charge in [-0.15, -0.1) is 6.58 Å². The molecule has 0 spiro atoms. The average molecular weight is 472 g/mol. The first-order valence-corrected chi connectivity index (χ1v) is 12.1. The lowest BCUT2D eigenvalue weighted by atomic mass is 10.1. The Hall–Kier alpha value is -3.17. The summed E-state index contributed by atoms with van der Waals surface area (Å²) >= 11 is 0. The Morgan fingerprint density at radius 3 is 2.15 bits per heavy atom. The van der Waals surface area contributed by atoms with Crippen LogP contribution in [-0.2, 0) is 21.4 Å². The molecule has 1 aliphatic heterocycles. The standard InChI is InChI=1S/C24H29N3O5S/c1-4-13-26(18-20-5-9-22(32-3)10-6-20)24(29)21-7-11-23(12-8-21)33(30,31)27-16-14-25(15-17-27)19(2)28/h4-12H,1,13-18H2,2-3H3. The zero-order valence-electron chi connectivity index (χ0n) is 18.9. The van der Waals surface area contributed by atoms with E-state index in [9.17, 15) is 18.0 Å². The second-order valence-electron chi connectivity index (χ2n) is 7.76. The fourth-order valence-corrected chi connectivity index (χ4v) is 5.09. The van der Waals surface area contributed by atoms with Crippen molar-refractivity contribution in [2.75, 3.05) is 39.8 Å². The molecule has 176 valence electrons. The molecule has 1 fully saturated rings. The normalized spacial score (nSPS) is 14.5. The second kappa shape index (κ2) is 10.6. The van der Waals surface area contributed by atoms with Gasteiger partial charge in [-0.3, -0.25) is 9.59 Å². The molecule has 0 unspecified atom stereocenters. The number of piperazine rings is 1. The number of methoxy groups -OCH3 is 1. The van der Waals surface area contributed by atoms with Gasteiger partial charge in [0.15, 0.2) is 0 Å². The van der Waals surface area contributed by atoms with E-state index in [-0.39, 0.29) is 29.8 Å². The zero-order valence-corrected chi connectivity index (χ0v) is 19.8. The Bertz CT molecular complexity index is 1090. The highest BCUT2D eigenvalue weighted by atomic mass is 32.2. The van der Waals surface area contributed by atoms with Gasteiger partial charge >= 0.3 is 0 Å². The van der Waals surface area contributed by atoms with Crippen molar-refractivity contribution in [3.8, 4) is 5.75 Å². The quantitative estimate of drug-likeness (QED) is 0.552. The SMILES string of the molecule is C=CCN(Cc1ccc(OC)cc1)C(=O)c1ccc(S(=O)(=O)N2CCN(C(C)=O)CC2)cc1. The summed E-state index contributed by atoms with van der Waals surface area (Å²) in [5.41, 5.74) is 1.33. The van der Waals surface area contributed by atoms with Crippen molar-refractivity contribution < 1.29 is 22.7 Å². The molecule has 2 aromatic carbocycles. The minimum Gasteiger partial charge on any atom is -0.497 e. The monoisotopic (exact) mass is 471 g/mol. The minimum atomic E-state index is -3.70. The first-order chi connectivity index (χ1) is 15.8. The molecule has 33 heavy (non-hydrogen) atoms. The number of ether oxygens (including phenoxy) is 1. The van der Waals surface area contributed by atoms with Crippen LogP contribution in [0.1, 0.15) is 22.8 Å². The van der Waals surface area contributed by atoms with Crippen molar-refractivity contribution in [2.45, 2.75) is 18.4 Å². The molecule has 8 nitrogen and oxygen atoms in total. The summed E-state index contributed by atoms with van der Waals surface area (Å²) in [5, 5.41) is 0. The second-order valence-corrected chi connectivity index (χ2v) is 9.69. The van der Waals surface area contributed by atoms with Gasteiger partial charge in [0.2, 0.25) is 15.9 Å². The summed E-state index contributed by atoms with van der Waals surface area (Å²) in [6.07, 6.45) is 1.65. The van der Waals surface area contributed by atoms with Crippen molar-refractivity contribution in [3.05, 3.63) is 72.3 Å². The van der Waals surface area contributed by atoms with Gasteiger partial charge in [-0.25, -0.2) is 8.42 Å². The fraction of sp³-hybridized carbons (Fsp3) is 0.333. The Kier molecular flexibility index (Phi) is 7.88. The summed E-state index contributed by atoms with van der Waals surface area (Å²) in [4.78, 5) is 28.0. The summed E-state index contributed by atoms with van der Waals surface area (Å²) in [5.74, 6) is 0.457. The molecule has 1 heterocycles. The smallest absolute Gasteiger partial charge is 0.254 e. The van der Waals surface area contributed by atoms with Crippen molar-refractivity contribution in [1.82, 2.24) is 14.1 Å². The van der Waals surface area contributed by atoms with Crippen LogP contribution in [0.2, 0.25) is 0 Å². The van der Waals surface area contributed by atoms with Gasteiger partial charge in [-0.1, -0.05) is 18.2 Å². The van der Waals surface area contributed by atoms with Crippen molar-refractivity contribution in [3.63, 3.8) is 0 Å². The molecule has 3 rings (SSSR count). The summed E-state index contributed by atoms with van der Waals surface area (Å²) < 4.78 is 32.5. The number of benzene rings is 2. The Balaban J connectivity index is 1.72. The van der Waals surface area contributed by atoms with Gasteiger partial charge in [0, 0.05) is 51.8 Å². The molecule has 0 atom stereocenters. The van der Waals surface area contributed by atoms with E-state index in [2.05, 4.69) is 6.58 Å². The number of rotatable bonds is 8. The minimum absolute atomic E-state index is 0.0615. The molecule has 0 aliphatic carbocycles. The number of carbonyl (C=O) groups excluding carboxylic acids is 2. The van der Waals surface area contributed by atoms with Gasteiger partial charge in [-0.2, -0.15) is 4.31 Å². The lowest BCUT2D eigenvalue weighted by Gasteiger charge is -2.33. The Morgan fingerprint density at radius 1 is 1.03 bits per heavy atom. The largest absolute Gasteiger partial charge is 0.497 e. The van der Waals surface area contributed by atoms with Crippen LogP contribution in [0.3, 0.4) is 0 Å². The molecule has 9 heteroatoms. The van der Waals surface area contributed by atoms with E-state index in [1.807, 2.05) is 24.3 Å². The van der Waals surface area contributed by atoms with Crippen LogP contribution in [0, 0.1) is 0 Å². The van der Waals surface area contributed by atoms with E-state index < -0.39 is 10.0 Å². The predicted octanol–water partition coefficient (Wildman–Crippen LogP) is 2.38. The van der Waals surface area contributed by atoms with Gasteiger partial charge in [0.05, 0.1) is 12.0 Å². The highest BCUT2D eigenvalue weighted by Gasteiger charge is 2.29. The third-order valence-electron chi connectivity index (χ3n) is 5.59. The number of sulfonamides is 1. The molecular weight excluding hydrogens is 442 g/mol. The van der Waals surface area contributed by atoms with Gasteiger partial charge in [0.25, 0.3) is 5.91 Å². The summed E-state index contributed by atoms with van der Waals surface area (Å²) in [6.45, 7) is 7.18. The maximum absolute atomic E-state index is 13.1. The molecule has 0 aromatic heterocycles. The summed E-state index contributed by atoms with van der Waals surface area (Å²) in [7, 11) is -2.10. The molecule has 0 saturated carbocycles. The molecule has 0 bridgehead atoms. The molecule has 1 saturated heterocycles. The molecule has 2 amide bonds. The molecule has 0 radical (unpaired) electrons. The number of amides is 2. The first kappa shape index (κ1) is 24.5. The van der Waals surface area contributed by atoms with Gasteiger partial charge < -0.3 is 14.5 Å². The third-order valence-corrected chi connectivity index (χ3v) is 7.51. The Morgan fingerprint density at radius 2 is 1.64 bits per heavy atom. The maximum atomic E-state index is 13.1. The highest BCUT2D eigenvalue weighted by molar-refractivity contribution is 7.89. The third kappa shape index (κ3) is 5.80. The highest BCUT2D eigenvalue weighted by Crippen LogP contribution is 2.20. The molecule has 2 aromatic rings. The number of hydrogen-bond donors (Lipinski definition) is 0. The fourth-order valence-electron chi connectivity index (χ4n) is 3.67. The van der Waals surface area contributed by atoms with Crippen LogP contribution in [0.4, 0.5) is 0 Å². The lowest BCUT2D eigenvalue weighted by molar-refractivity contribution is -0.129. The van der Waals surface area contributed by atoms with E-state index in [1.54, 1.807) is 23.0 Å². The number of carbonyl (C=O) groups is 2. The zero-order chi connectivity index (χ0) is 24.0. The van der Waals surface area contributed by atoms with Crippen molar-refractivity contribution in [2.24, 2.45) is 0 Å². The first-order valence-electron chi connectivity index (χ1n) is 10.6. The maximum Gasteiger partial charge on any atom is 0.254 e. The van der Waals surface area contributed by atoms with Crippen LogP contribution >= 0.6 is 0 Å². The van der Waals surface area contributed by atoms with Crippen LogP contribution in [0.5, 0.6) is 5.75 Å². The van der Waals surface area contributed by atoms with Gasteiger partial charge in [0.1, 0.15) is 5.75 Å². The van der Waals surface area contributed by atoms with Crippen LogP contribution in [-0.4, -0.2) is 74.2 Å². The average Bonchev–Trinajstić information content (AvgIpc) is 2.84. The van der Waals surface area contributed by atoms with E-state index in [1.165, 1.54) is 35.5 Å². The van der Waals surface area contributed by atoms with Crippen molar-refractivity contribution >= 4 is 21.8 Å². The van der Waals surface area contributed by atoms with Crippen LogP contribution in [0.25, 0.3) is 0 Å². The van der Waals surface area contributed by atoms with Crippen LogP contribution < -0.4 is 4.74 Å². The molecule has 0 N–H and O–H groups in total. The van der Waals surface area contributed by atoms with Crippen molar-refractivity contribution in [1.29, 1.82) is 0 Å².